The maximum absolute atomic E-state index is 13.2. The van der Waals surface area contributed by atoms with Crippen molar-refractivity contribution in [3.8, 4) is 0 Å². The molecule has 0 radical (unpaired) electrons. The first kappa shape index (κ1) is 21.9. The number of nitrogens with zero attached hydrogens (tertiary/aromatic N) is 1. The second kappa shape index (κ2) is 8.91. The molecule has 30 heavy (non-hydrogen) atoms. The van der Waals surface area contributed by atoms with E-state index in [1.165, 1.54) is 41.7 Å². The van der Waals surface area contributed by atoms with Crippen LogP contribution in [0.1, 0.15) is 25.7 Å². The highest BCUT2D eigenvalue weighted by atomic mass is 35.5. The molecule has 154 valence electrons. The van der Waals surface area contributed by atoms with Crippen LogP contribution in [0.3, 0.4) is 0 Å². The lowest BCUT2D eigenvalue weighted by molar-refractivity contribution is -0.384. The summed E-state index contributed by atoms with van der Waals surface area (Å²) in [6, 6.07) is 14.8. The number of carbonyl (C=O) groups excluding carboxylic acids is 1. The third-order valence-electron chi connectivity index (χ3n) is 4.20. The maximum atomic E-state index is 13.2. The van der Waals surface area contributed by atoms with Crippen molar-refractivity contribution in [3.05, 3.63) is 102 Å². The summed E-state index contributed by atoms with van der Waals surface area (Å²) >= 11 is 7.22. The second-order valence-corrected chi connectivity index (χ2v) is 10.2. The number of Topliss-reactive ketones (excluding diaryl/α,β-unsaturated/α-hetero) is 1. The summed E-state index contributed by atoms with van der Waals surface area (Å²) in [4.78, 5) is 24.6. The molecule has 0 spiro atoms. The normalized spacial score (nSPS) is 12.0. The van der Waals surface area contributed by atoms with Crippen LogP contribution in [0.2, 0.25) is 5.02 Å². The van der Waals surface area contributed by atoms with Gasteiger partial charge >= 0.3 is 0 Å². The molecule has 0 aliphatic heterocycles. The van der Waals surface area contributed by atoms with Crippen molar-refractivity contribution in [3.63, 3.8) is 0 Å². The Balaban J connectivity index is 2.03. The third kappa shape index (κ3) is 5.21. The third-order valence-corrected chi connectivity index (χ3v) is 7.09. The van der Waals surface area contributed by atoms with Gasteiger partial charge in [-0.05, 0) is 55.0 Å². The highest BCUT2D eigenvalue weighted by Crippen LogP contribution is 2.26. The van der Waals surface area contributed by atoms with E-state index in [2.05, 4.69) is 0 Å². The van der Waals surface area contributed by atoms with Gasteiger partial charge in [-0.1, -0.05) is 23.7 Å². The van der Waals surface area contributed by atoms with Crippen molar-refractivity contribution < 1.29 is 18.1 Å². The number of hydrogen-bond acceptors (Lipinski definition) is 6. The number of benzene rings is 2. The van der Waals surface area contributed by atoms with Gasteiger partial charge in [0.05, 0.1) is 10.7 Å². The molecule has 6 nitrogen and oxygen atoms in total. The van der Waals surface area contributed by atoms with Crippen LogP contribution >= 0.6 is 22.9 Å². The van der Waals surface area contributed by atoms with Gasteiger partial charge in [-0.3, -0.25) is 14.9 Å². The fourth-order valence-corrected chi connectivity index (χ4v) is 5.23. The van der Waals surface area contributed by atoms with Crippen molar-refractivity contribution in [2.45, 2.75) is 12.7 Å². The number of halogens is 1. The zero-order valence-corrected chi connectivity index (χ0v) is 18.1. The number of ketones is 1. The Morgan fingerprint density at radius 2 is 1.70 bits per heavy atom. The van der Waals surface area contributed by atoms with Gasteiger partial charge in [-0.15, -0.1) is 11.3 Å². The molecule has 1 heterocycles. The van der Waals surface area contributed by atoms with Crippen LogP contribution in [0.4, 0.5) is 5.69 Å². The Bertz CT molecular complexity index is 1230. The Kier molecular flexibility index (Phi) is 6.50. The quantitative estimate of drug-likeness (QED) is 0.201. The number of nitro benzene ring substituents is 1. The summed E-state index contributed by atoms with van der Waals surface area (Å²) in [5.41, 5.74) is 0.360. The first-order valence-electron chi connectivity index (χ1n) is 8.70. The van der Waals surface area contributed by atoms with Crippen LogP contribution in [0.5, 0.6) is 0 Å². The maximum Gasteiger partial charge on any atom is 0.269 e. The fraction of sp³-hybridized carbons (Fsp3) is 0.0952. The second-order valence-electron chi connectivity index (χ2n) is 6.48. The molecule has 0 aliphatic rings. The molecule has 2 aromatic carbocycles. The minimum atomic E-state index is -4.01. The predicted octanol–water partition coefficient (Wildman–Crippen LogP) is 5.46. The van der Waals surface area contributed by atoms with Gasteiger partial charge in [0.25, 0.3) is 5.69 Å². The van der Waals surface area contributed by atoms with Gasteiger partial charge in [0, 0.05) is 32.5 Å². The van der Waals surface area contributed by atoms with Crippen molar-refractivity contribution in [1.82, 2.24) is 0 Å². The molecule has 0 fully saturated rings. The zero-order valence-electron chi connectivity index (χ0n) is 15.7. The topological polar surface area (TPSA) is 94.3 Å². The van der Waals surface area contributed by atoms with Gasteiger partial charge in [-0.2, -0.15) is 0 Å². The van der Waals surface area contributed by atoms with Gasteiger partial charge in [0.1, 0.15) is 4.91 Å². The molecular weight excluding hydrogens is 446 g/mol. The number of thiophene rings is 1. The minimum absolute atomic E-state index is 0.0554. The van der Waals surface area contributed by atoms with Crippen LogP contribution in [-0.4, -0.2) is 19.1 Å². The number of sulfone groups is 1. The van der Waals surface area contributed by atoms with E-state index in [0.29, 0.717) is 15.5 Å². The van der Waals surface area contributed by atoms with E-state index in [1.807, 2.05) is 13.0 Å². The Morgan fingerprint density at radius 3 is 2.23 bits per heavy atom. The number of allylic oxidation sites excluding steroid dienone is 1. The van der Waals surface area contributed by atoms with E-state index in [1.54, 1.807) is 30.3 Å². The molecule has 0 saturated heterocycles. The van der Waals surface area contributed by atoms with Gasteiger partial charge < -0.3 is 0 Å². The molecule has 1 aromatic heterocycles. The molecule has 0 saturated carbocycles. The molecule has 0 amide bonds. The molecule has 0 atom stereocenters. The standard InChI is InChI=1S/C21H16ClNO5S2/c1-14-2-11-19(29-14)12-20(21(24)16-5-9-18(10-6-16)23(25)26)30(27,28)13-15-3-7-17(22)8-4-15/h2-12H,13H2,1H3. The van der Waals surface area contributed by atoms with Crippen LogP contribution < -0.4 is 0 Å². The zero-order chi connectivity index (χ0) is 21.9. The average Bonchev–Trinajstić information content (AvgIpc) is 3.12. The first-order chi connectivity index (χ1) is 14.2. The Labute approximate surface area is 182 Å². The summed E-state index contributed by atoms with van der Waals surface area (Å²) in [6.45, 7) is 1.88. The SMILES string of the molecule is Cc1ccc(C=C(C(=O)c2ccc([N+](=O)[O-])cc2)S(=O)(=O)Cc2ccc(Cl)cc2)s1. The molecule has 9 heteroatoms. The van der Waals surface area contributed by atoms with Crippen LogP contribution in [0.25, 0.3) is 6.08 Å². The number of non-ortho nitro benzene ring substituents is 1. The number of hydrogen-bond donors (Lipinski definition) is 0. The largest absolute Gasteiger partial charge is 0.288 e. The molecule has 0 aliphatic carbocycles. The summed E-state index contributed by atoms with van der Waals surface area (Å²) in [5, 5.41) is 11.3. The number of rotatable bonds is 7. The van der Waals surface area contributed by atoms with E-state index in [9.17, 15) is 23.3 Å². The Hall–Kier alpha value is -2.81. The lowest BCUT2D eigenvalue weighted by atomic mass is 10.1. The lowest BCUT2D eigenvalue weighted by Crippen LogP contribution is -2.16. The molecule has 0 N–H and O–H groups in total. The minimum Gasteiger partial charge on any atom is -0.288 e. The van der Waals surface area contributed by atoms with E-state index in [-0.39, 0.29) is 21.9 Å². The van der Waals surface area contributed by atoms with Crippen LogP contribution in [0, 0.1) is 17.0 Å². The molecule has 3 rings (SSSR count). The predicted molar refractivity (Wildman–Crippen MR) is 119 cm³/mol. The smallest absolute Gasteiger partial charge is 0.269 e. The summed E-state index contributed by atoms with van der Waals surface area (Å²) in [7, 11) is -4.01. The summed E-state index contributed by atoms with van der Waals surface area (Å²) < 4.78 is 26.3. The van der Waals surface area contributed by atoms with E-state index in [0.717, 1.165) is 4.88 Å². The van der Waals surface area contributed by atoms with Crippen molar-refractivity contribution >= 4 is 50.3 Å². The number of aryl methyl sites for hydroxylation is 1. The highest BCUT2D eigenvalue weighted by Gasteiger charge is 2.27. The van der Waals surface area contributed by atoms with E-state index in [4.69, 9.17) is 11.6 Å². The lowest BCUT2D eigenvalue weighted by Gasteiger charge is -2.09. The van der Waals surface area contributed by atoms with Crippen molar-refractivity contribution in [2.75, 3.05) is 0 Å². The van der Waals surface area contributed by atoms with Crippen molar-refractivity contribution in [1.29, 1.82) is 0 Å². The fourth-order valence-electron chi connectivity index (χ4n) is 2.71. The van der Waals surface area contributed by atoms with E-state index < -0.39 is 20.5 Å². The average molecular weight is 462 g/mol. The van der Waals surface area contributed by atoms with Crippen molar-refractivity contribution in [2.24, 2.45) is 0 Å². The summed E-state index contributed by atoms with van der Waals surface area (Å²) in [6.07, 6.45) is 1.35. The highest BCUT2D eigenvalue weighted by molar-refractivity contribution is 7.95. The number of nitro groups is 1. The van der Waals surface area contributed by atoms with Gasteiger partial charge in [-0.25, -0.2) is 8.42 Å². The van der Waals surface area contributed by atoms with Crippen LogP contribution in [0.15, 0.2) is 65.6 Å². The monoisotopic (exact) mass is 461 g/mol. The van der Waals surface area contributed by atoms with Crippen LogP contribution in [-0.2, 0) is 15.6 Å². The van der Waals surface area contributed by atoms with Gasteiger partial charge in [0.2, 0.25) is 5.78 Å². The van der Waals surface area contributed by atoms with E-state index >= 15 is 0 Å². The first-order valence-corrected chi connectivity index (χ1v) is 11.5. The Morgan fingerprint density at radius 1 is 1.07 bits per heavy atom. The number of carbonyl (C=O) groups is 1. The molecule has 3 aromatic rings. The van der Waals surface area contributed by atoms with Gasteiger partial charge in [0.15, 0.2) is 9.84 Å². The summed E-state index contributed by atoms with van der Waals surface area (Å²) in [5.74, 6) is -1.09. The molecule has 0 unspecified atom stereocenters. The molecule has 0 bridgehead atoms. The molecular formula is C21H16ClNO5S2.